The van der Waals surface area contributed by atoms with Gasteiger partial charge in [-0.05, 0) is 39.9 Å². The molecular formula is C17H18NS+. The van der Waals surface area contributed by atoms with Gasteiger partial charge in [-0.15, -0.1) is 0 Å². The van der Waals surface area contributed by atoms with E-state index in [9.17, 15) is 0 Å². The van der Waals surface area contributed by atoms with Crippen LogP contribution in [-0.2, 0) is 0 Å². The van der Waals surface area contributed by atoms with Gasteiger partial charge in [0.25, 0.3) is 0 Å². The lowest BCUT2D eigenvalue weighted by molar-refractivity contribution is 0.491. The molecule has 1 heterocycles. The minimum Gasteiger partial charge on any atom is -0.297 e. The van der Waals surface area contributed by atoms with Gasteiger partial charge in [0, 0.05) is 10.9 Å². The maximum atomic E-state index is 2.25. The lowest BCUT2D eigenvalue weighted by atomic mass is 9.98. The van der Waals surface area contributed by atoms with Crippen LogP contribution in [0.5, 0.6) is 0 Å². The highest BCUT2D eigenvalue weighted by Gasteiger charge is 2.22. The first-order valence-corrected chi connectivity index (χ1v) is 7.38. The smallest absolute Gasteiger partial charge is 0.148 e. The summed E-state index contributed by atoms with van der Waals surface area (Å²) in [6, 6.07) is 15.3. The van der Waals surface area contributed by atoms with Crippen molar-refractivity contribution >= 4 is 27.8 Å². The topological polar surface area (TPSA) is 0 Å². The summed E-state index contributed by atoms with van der Waals surface area (Å²) in [5.74, 6) is 0. The Labute approximate surface area is 118 Å². The molecular weight excluding hydrogens is 250 g/mol. The van der Waals surface area contributed by atoms with Crippen LogP contribution < -0.4 is 4.48 Å². The molecule has 3 rings (SSSR count). The monoisotopic (exact) mass is 268 g/mol. The van der Waals surface area contributed by atoms with Crippen molar-refractivity contribution in [3.63, 3.8) is 0 Å². The van der Waals surface area contributed by atoms with E-state index < -0.39 is 0 Å². The number of hydrogen-bond donors (Lipinski definition) is 0. The third-order valence-corrected chi connectivity index (χ3v) is 4.09. The van der Waals surface area contributed by atoms with E-state index in [1.807, 2.05) is 0 Å². The maximum absolute atomic E-state index is 2.25. The molecule has 19 heavy (non-hydrogen) atoms. The highest BCUT2D eigenvalue weighted by atomic mass is 32.1. The molecule has 0 atom stereocenters. The summed E-state index contributed by atoms with van der Waals surface area (Å²) in [7, 11) is 6.70. The first-order valence-electron chi connectivity index (χ1n) is 6.44. The van der Waals surface area contributed by atoms with E-state index in [0.29, 0.717) is 0 Å². The van der Waals surface area contributed by atoms with Gasteiger partial charge in [0.1, 0.15) is 5.69 Å². The second kappa shape index (κ2) is 4.48. The van der Waals surface area contributed by atoms with Crippen molar-refractivity contribution in [1.29, 1.82) is 0 Å². The molecule has 0 amide bonds. The molecule has 0 saturated carbocycles. The van der Waals surface area contributed by atoms with Gasteiger partial charge in [-0.1, -0.05) is 24.3 Å². The largest absolute Gasteiger partial charge is 0.297 e. The van der Waals surface area contributed by atoms with Crippen molar-refractivity contribution in [2.45, 2.75) is 0 Å². The van der Waals surface area contributed by atoms with Crippen molar-refractivity contribution in [2.24, 2.45) is 0 Å². The van der Waals surface area contributed by atoms with Crippen LogP contribution in [0.1, 0.15) is 0 Å². The van der Waals surface area contributed by atoms with Gasteiger partial charge in [0.2, 0.25) is 0 Å². The Bertz CT molecular complexity index is 706. The molecule has 0 radical (unpaired) electrons. The fourth-order valence-electron chi connectivity index (χ4n) is 2.63. The van der Waals surface area contributed by atoms with Crippen molar-refractivity contribution in [1.82, 2.24) is 4.48 Å². The van der Waals surface area contributed by atoms with Gasteiger partial charge < -0.3 is 0 Å². The van der Waals surface area contributed by atoms with E-state index in [2.05, 4.69) is 74.4 Å². The van der Waals surface area contributed by atoms with Gasteiger partial charge in [0.05, 0.1) is 21.1 Å². The van der Waals surface area contributed by atoms with Gasteiger partial charge in [0.15, 0.2) is 0 Å². The fourth-order valence-corrected chi connectivity index (χ4v) is 3.28. The molecule has 0 spiro atoms. The third-order valence-electron chi connectivity index (χ3n) is 3.40. The molecule has 0 saturated heterocycles. The molecule has 96 valence electrons. The summed E-state index contributed by atoms with van der Waals surface area (Å²) in [5, 5.41) is 7.02. The van der Waals surface area contributed by atoms with E-state index in [1.165, 1.54) is 27.6 Å². The van der Waals surface area contributed by atoms with E-state index in [1.54, 1.807) is 11.3 Å². The second-order valence-electron chi connectivity index (χ2n) is 5.71. The lowest BCUT2D eigenvalue weighted by Crippen LogP contribution is -2.35. The van der Waals surface area contributed by atoms with Gasteiger partial charge >= 0.3 is 0 Å². The maximum Gasteiger partial charge on any atom is 0.148 e. The van der Waals surface area contributed by atoms with Crippen molar-refractivity contribution < 1.29 is 0 Å². The number of quaternary nitrogens is 1. The number of hydrogen-bond acceptors (Lipinski definition) is 1. The summed E-state index contributed by atoms with van der Waals surface area (Å²) in [5.41, 5.74) is 4.04. The van der Waals surface area contributed by atoms with Crippen molar-refractivity contribution in [3.8, 4) is 11.1 Å². The van der Waals surface area contributed by atoms with Gasteiger partial charge in [-0.3, -0.25) is 4.48 Å². The number of fused-ring (bicyclic) bond motifs is 1. The third kappa shape index (κ3) is 2.18. The Balaban J connectivity index is 2.40. The van der Waals surface area contributed by atoms with Crippen molar-refractivity contribution in [2.75, 3.05) is 21.1 Å². The van der Waals surface area contributed by atoms with Crippen LogP contribution >= 0.6 is 11.3 Å². The van der Waals surface area contributed by atoms with Crippen LogP contribution in [0.25, 0.3) is 21.9 Å². The van der Waals surface area contributed by atoms with Crippen LogP contribution in [0.2, 0.25) is 0 Å². The Morgan fingerprint density at radius 3 is 2.37 bits per heavy atom. The van der Waals surface area contributed by atoms with E-state index >= 15 is 0 Å². The minimum atomic E-state index is 0.826. The molecule has 0 aliphatic rings. The molecule has 2 aromatic carbocycles. The number of thiophene rings is 1. The van der Waals surface area contributed by atoms with E-state index in [0.717, 1.165) is 4.48 Å². The van der Waals surface area contributed by atoms with Gasteiger partial charge in [-0.25, -0.2) is 0 Å². The molecule has 0 unspecified atom stereocenters. The molecule has 2 heteroatoms. The minimum absolute atomic E-state index is 0.826. The first-order chi connectivity index (χ1) is 9.07. The Morgan fingerprint density at radius 1 is 0.895 bits per heavy atom. The van der Waals surface area contributed by atoms with Crippen LogP contribution in [0.4, 0.5) is 5.69 Å². The zero-order chi connectivity index (χ0) is 13.5. The summed E-state index contributed by atoms with van der Waals surface area (Å²) in [6.45, 7) is 0. The number of nitrogens with zero attached hydrogens (tertiary/aromatic N) is 1. The number of rotatable bonds is 2. The van der Waals surface area contributed by atoms with Gasteiger partial charge in [-0.2, -0.15) is 11.3 Å². The highest BCUT2D eigenvalue weighted by molar-refractivity contribution is 7.08. The standard InChI is InChI=1S/C17H18NS/c1-18(2,3)17-15-7-5-4-6-13(15)8-9-16(17)14-10-11-19-12-14/h4-12H,1-3H3/q+1. The summed E-state index contributed by atoms with van der Waals surface area (Å²) < 4.78 is 0.826. The normalized spacial score (nSPS) is 11.9. The molecule has 0 N–H and O–H groups in total. The average molecular weight is 268 g/mol. The quantitative estimate of drug-likeness (QED) is 0.588. The molecule has 0 aliphatic carbocycles. The van der Waals surface area contributed by atoms with Crippen molar-refractivity contribution in [3.05, 3.63) is 53.2 Å². The molecule has 0 aliphatic heterocycles. The zero-order valence-electron chi connectivity index (χ0n) is 11.6. The molecule has 1 aromatic heterocycles. The Hall–Kier alpha value is -1.64. The second-order valence-corrected chi connectivity index (χ2v) is 6.49. The predicted octanol–water partition coefficient (Wildman–Crippen LogP) is 4.77. The van der Waals surface area contributed by atoms with Crippen LogP contribution in [-0.4, -0.2) is 21.1 Å². The first kappa shape index (κ1) is 12.4. The van der Waals surface area contributed by atoms with Crippen LogP contribution in [0.15, 0.2) is 53.2 Å². The summed E-state index contributed by atoms with van der Waals surface area (Å²) in [6.07, 6.45) is 0. The fraction of sp³-hybridized carbons (Fsp3) is 0.176. The summed E-state index contributed by atoms with van der Waals surface area (Å²) in [4.78, 5) is 0. The SMILES string of the molecule is C[N+](C)(C)c1c(-c2ccsc2)ccc2ccccc12. The Morgan fingerprint density at radius 2 is 1.68 bits per heavy atom. The van der Waals surface area contributed by atoms with Crippen LogP contribution in [0, 0.1) is 0 Å². The summed E-state index contributed by atoms with van der Waals surface area (Å²) >= 11 is 1.75. The number of benzene rings is 2. The molecule has 0 fully saturated rings. The zero-order valence-corrected chi connectivity index (χ0v) is 12.4. The average Bonchev–Trinajstić information content (AvgIpc) is 2.90. The molecule has 0 bridgehead atoms. The lowest BCUT2D eigenvalue weighted by Gasteiger charge is -2.27. The predicted molar refractivity (Wildman–Crippen MR) is 86.8 cm³/mol. The highest BCUT2D eigenvalue weighted by Crippen LogP contribution is 2.39. The Kier molecular flexibility index (Phi) is 2.92. The van der Waals surface area contributed by atoms with E-state index in [4.69, 9.17) is 0 Å². The molecule has 1 nitrogen and oxygen atoms in total. The van der Waals surface area contributed by atoms with Crippen LogP contribution in [0.3, 0.4) is 0 Å². The van der Waals surface area contributed by atoms with E-state index in [-0.39, 0.29) is 0 Å². The molecule has 3 aromatic rings.